The van der Waals surface area contributed by atoms with Crippen LogP contribution in [0.1, 0.15) is 0 Å². The minimum absolute atomic E-state index is 0. The van der Waals surface area contributed by atoms with Crippen molar-refractivity contribution in [2.75, 3.05) is 0 Å². The standard InChI is InChI=1S/Ga.GeH4.In.O.Sn.6H/h;1H4;;;;;;;;;. The van der Waals surface area contributed by atoms with Gasteiger partial charge >= 0.3 is 88.8 Å². The van der Waals surface area contributed by atoms with Crippen molar-refractivity contribution in [1.29, 1.82) is 0 Å². The molecule has 0 saturated heterocycles. The Bertz CT molecular complexity index is 11.6. The summed E-state index contributed by atoms with van der Waals surface area (Å²) in [5, 5.41) is 0. The molecule has 0 aliphatic rings. The first-order valence-corrected chi connectivity index (χ1v) is 1.37. The van der Waals surface area contributed by atoms with Gasteiger partial charge in [-0.25, -0.2) is 0 Å². The molecule has 0 aliphatic carbocycles. The van der Waals surface area contributed by atoms with Crippen LogP contribution >= 0.6 is 0 Å². The van der Waals surface area contributed by atoms with Crippen molar-refractivity contribution in [3.63, 3.8) is 0 Å². The molecule has 5 heavy (non-hydrogen) atoms. The molecule has 0 heterocycles. The van der Waals surface area contributed by atoms with Crippen LogP contribution < -0.4 is 0 Å². The van der Waals surface area contributed by atoms with Crippen LogP contribution in [0.25, 0.3) is 0 Å². The first kappa shape index (κ1) is 25.4. The van der Waals surface area contributed by atoms with Gasteiger partial charge in [-0.05, 0) is 0 Å². The average Bonchev–Trinajstić information content (AvgIpc) is 1.00. The zero-order valence-corrected chi connectivity index (χ0v) is 3.76. The van der Waals surface area contributed by atoms with Crippen molar-refractivity contribution >= 4 is 85.7 Å². The van der Waals surface area contributed by atoms with Gasteiger partial charge in [0.15, 0.2) is 0 Å². The average molecular weight is 402 g/mol. The molecule has 0 bridgehead atoms. The summed E-state index contributed by atoms with van der Waals surface area (Å²) in [7, 11) is 0. The molecule has 0 fully saturated rings. The summed E-state index contributed by atoms with van der Waals surface area (Å²) in [6, 6.07) is 0. The number of hydrogen-bond acceptors (Lipinski definition) is 1. The molecule has 0 aromatic heterocycles. The van der Waals surface area contributed by atoms with E-state index in [4.69, 9.17) is 3.08 Å². The van der Waals surface area contributed by atoms with Crippen LogP contribution in [-0.2, 0) is 3.08 Å². The zero-order valence-electron chi connectivity index (χ0n) is 0.908. The Morgan fingerprint density at radius 2 is 1.20 bits per heavy atom. The summed E-state index contributed by atoms with van der Waals surface area (Å²) in [4.78, 5) is 0. The van der Waals surface area contributed by atoms with E-state index in [1.54, 1.807) is 0 Å². The molecule has 0 N–H and O–H groups in total. The van der Waals surface area contributed by atoms with Crippen LogP contribution in [0.4, 0.5) is 0 Å². The Labute approximate surface area is 87.3 Å². The number of rotatable bonds is 0. The van der Waals surface area contributed by atoms with Gasteiger partial charge in [-0.2, -0.15) is 0 Å². The Kier molecular flexibility index (Phi) is 154. The molecule has 5 heteroatoms. The van der Waals surface area contributed by atoms with Gasteiger partial charge in [0.1, 0.15) is 0 Å². The number of hydrogen-bond donors (Lipinski definition) is 0. The predicted molar refractivity (Wildman–Crippen MR) is 37.7 cm³/mol. The van der Waals surface area contributed by atoms with Gasteiger partial charge < -0.3 is 0 Å². The molecule has 2 radical (unpaired) electrons. The van der Waals surface area contributed by atoms with Gasteiger partial charge in [0, 0.05) is 0 Å². The quantitative estimate of drug-likeness (QED) is 0.375. The second kappa shape index (κ2) is 30.2. The van der Waals surface area contributed by atoms with Gasteiger partial charge in [0.05, 0.1) is 0 Å². The fourth-order valence-corrected chi connectivity index (χ4v) is 0. The van der Waals surface area contributed by atoms with Crippen molar-refractivity contribution in [2.24, 2.45) is 0 Å². The maximum atomic E-state index is 8.34. The second-order valence-corrected chi connectivity index (χ2v) is 0. The molecule has 0 aliphatic heterocycles. The summed E-state index contributed by atoms with van der Waals surface area (Å²) in [5.74, 6) is 0. The predicted octanol–water partition coefficient (Wildman–Crippen LogP) is -4.32. The molecule has 30 valence electrons. The van der Waals surface area contributed by atoms with E-state index in [9.17, 15) is 0 Å². The summed E-state index contributed by atoms with van der Waals surface area (Å²) >= 11 is 0.300. The van der Waals surface area contributed by atoms with Crippen molar-refractivity contribution in [1.82, 2.24) is 0 Å². The van der Waals surface area contributed by atoms with E-state index < -0.39 is 0 Å². The zero-order chi connectivity index (χ0) is 2.00. The van der Waals surface area contributed by atoms with Crippen molar-refractivity contribution in [3.8, 4) is 0 Å². The molecule has 0 amide bonds. The third-order valence-corrected chi connectivity index (χ3v) is 0. The van der Waals surface area contributed by atoms with Crippen molar-refractivity contribution < 1.29 is 3.08 Å². The van der Waals surface area contributed by atoms with Crippen LogP contribution in [0.2, 0.25) is 0 Å². The van der Waals surface area contributed by atoms with E-state index in [-0.39, 0.29) is 63.2 Å². The SMILES string of the molecule is [GaH3].[GeH4].[InH3].[O]=[Sn]. The van der Waals surface area contributed by atoms with E-state index in [2.05, 4.69) is 0 Å². The van der Waals surface area contributed by atoms with Crippen LogP contribution in [0, 0.1) is 0 Å². The van der Waals surface area contributed by atoms with Gasteiger partial charge in [-0.15, -0.1) is 0 Å². The first-order chi connectivity index (χ1) is 1.00. The van der Waals surface area contributed by atoms with Crippen molar-refractivity contribution in [3.05, 3.63) is 0 Å². The fraction of sp³-hybridized carbons (Fsp3) is 0. The van der Waals surface area contributed by atoms with E-state index in [1.807, 2.05) is 0 Å². The Morgan fingerprint density at radius 3 is 1.20 bits per heavy atom. The monoisotopic (exact) mass is 404 g/mol. The Morgan fingerprint density at radius 1 is 1.20 bits per heavy atom. The van der Waals surface area contributed by atoms with Crippen LogP contribution in [0.3, 0.4) is 0 Å². The molecule has 1 nitrogen and oxygen atoms in total. The normalized spacial score (nSPS) is 0.800. The molecule has 0 saturated carbocycles. The van der Waals surface area contributed by atoms with Crippen molar-refractivity contribution in [2.45, 2.75) is 0 Å². The molecule has 0 aromatic carbocycles. The van der Waals surface area contributed by atoms with Gasteiger partial charge in [-0.3, -0.25) is 0 Å². The van der Waals surface area contributed by atoms with Gasteiger partial charge in [0.25, 0.3) is 0 Å². The molecule has 0 aromatic rings. The van der Waals surface area contributed by atoms with E-state index in [1.165, 1.54) is 0 Å². The summed E-state index contributed by atoms with van der Waals surface area (Å²) in [6.45, 7) is 0. The van der Waals surface area contributed by atoms with E-state index in [0.29, 0.717) is 22.5 Å². The molecule has 0 unspecified atom stereocenters. The minimum atomic E-state index is 0. The summed E-state index contributed by atoms with van der Waals surface area (Å²) in [5.41, 5.74) is 0. The maximum absolute atomic E-state index is 8.34. The summed E-state index contributed by atoms with van der Waals surface area (Å²) < 4.78 is 8.34. The van der Waals surface area contributed by atoms with Crippen LogP contribution in [0.15, 0.2) is 0 Å². The molecular formula is H10GaGeInOSn. The van der Waals surface area contributed by atoms with Gasteiger partial charge in [-0.1, -0.05) is 0 Å². The molecule has 0 spiro atoms. The molecule has 0 atom stereocenters. The first-order valence-electron chi connectivity index (χ1n) is 0.204. The van der Waals surface area contributed by atoms with Crippen LogP contribution in [0.5, 0.6) is 0 Å². The third kappa shape index (κ3) is 20.5. The van der Waals surface area contributed by atoms with Gasteiger partial charge in [0.2, 0.25) is 0 Å². The molecule has 0 rings (SSSR count). The second-order valence-electron chi connectivity index (χ2n) is 0. The fourth-order valence-electron chi connectivity index (χ4n) is 0. The van der Waals surface area contributed by atoms with E-state index in [0.717, 1.165) is 0 Å². The topological polar surface area (TPSA) is 17.1 Å². The Hall–Kier alpha value is 2.65. The Balaban J connectivity index is -0.00000000167. The third-order valence-electron chi connectivity index (χ3n) is 0. The van der Waals surface area contributed by atoms with Crippen LogP contribution in [-0.4, -0.2) is 85.7 Å². The summed E-state index contributed by atoms with van der Waals surface area (Å²) in [6.07, 6.45) is 0. The molecular weight excluding hydrogens is 392 g/mol. The van der Waals surface area contributed by atoms with E-state index >= 15 is 0 Å².